The number of fused-ring (bicyclic) bond motifs is 8. The average Bonchev–Trinajstić information content (AvgIpc) is 3.48. The first-order valence-corrected chi connectivity index (χ1v) is 11.9. The summed E-state index contributed by atoms with van der Waals surface area (Å²) in [6.07, 6.45) is 13.3. The predicted octanol–water partition coefficient (Wildman–Crippen LogP) is 4.68. The standard InChI is InChI=1S/C30H26N4/c1-2-6-24-14-28-18-32-11-12-34(22-32)20-30-16-26-8-4-3-7-25(26)15-29(30)19-33-10-9-31(21-33)17-27(28)13-23(24)5-1/h1-16,21-22H,17-20H2/q+2. The number of aromatic nitrogens is 4. The summed E-state index contributed by atoms with van der Waals surface area (Å²) in [6, 6.07) is 26.8. The summed E-state index contributed by atoms with van der Waals surface area (Å²) in [6.45, 7) is 3.44. The maximum Gasteiger partial charge on any atom is 0.244 e. The maximum absolute atomic E-state index is 2.36. The van der Waals surface area contributed by atoms with Gasteiger partial charge in [0, 0.05) is 22.3 Å². The molecule has 0 fully saturated rings. The van der Waals surface area contributed by atoms with Crippen LogP contribution in [-0.2, 0) is 26.2 Å². The van der Waals surface area contributed by atoms with Crippen molar-refractivity contribution >= 4 is 21.5 Å². The van der Waals surface area contributed by atoms with Crippen molar-refractivity contribution in [3.05, 3.63) is 132 Å². The largest absolute Gasteiger partial charge is 0.244 e. The molecule has 0 aliphatic carbocycles. The highest BCUT2D eigenvalue weighted by molar-refractivity contribution is 5.84. The van der Waals surface area contributed by atoms with Gasteiger partial charge in [0.2, 0.25) is 12.7 Å². The molecule has 4 bridgehead atoms. The predicted molar refractivity (Wildman–Crippen MR) is 134 cm³/mol. The number of hydrogen-bond donors (Lipinski definition) is 0. The highest BCUT2D eigenvalue weighted by Gasteiger charge is 2.17. The van der Waals surface area contributed by atoms with Crippen molar-refractivity contribution in [3.8, 4) is 0 Å². The van der Waals surface area contributed by atoms with Gasteiger partial charge in [-0.2, -0.15) is 0 Å². The van der Waals surface area contributed by atoms with E-state index in [2.05, 4.69) is 129 Å². The number of rotatable bonds is 0. The number of imidazole rings is 2. The molecule has 1 aliphatic heterocycles. The van der Waals surface area contributed by atoms with Gasteiger partial charge in [-0.3, -0.25) is 0 Å². The van der Waals surface area contributed by atoms with Crippen LogP contribution in [0.5, 0.6) is 0 Å². The van der Waals surface area contributed by atoms with Crippen LogP contribution in [0.1, 0.15) is 22.3 Å². The number of benzene rings is 4. The van der Waals surface area contributed by atoms with Crippen molar-refractivity contribution in [1.82, 2.24) is 9.13 Å². The fraction of sp³-hybridized carbons (Fsp3) is 0.133. The Morgan fingerprint density at radius 1 is 0.500 bits per heavy atom. The molecule has 6 aromatic rings. The van der Waals surface area contributed by atoms with Gasteiger partial charge in [0.25, 0.3) is 0 Å². The van der Waals surface area contributed by atoms with E-state index in [1.165, 1.54) is 43.8 Å². The quantitative estimate of drug-likeness (QED) is 0.304. The molecule has 4 nitrogen and oxygen atoms in total. The Balaban J connectivity index is 1.38. The molecule has 7 rings (SSSR count). The molecule has 0 unspecified atom stereocenters. The van der Waals surface area contributed by atoms with E-state index in [9.17, 15) is 0 Å². The Labute approximate surface area is 198 Å². The molecule has 0 N–H and O–H groups in total. The van der Waals surface area contributed by atoms with Gasteiger partial charge in [-0.25, -0.2) is 18.3 Å². The van der Waals surface area contributed by atoms with Crippen LogP contribution >= 0.6 is 0 Å². The van der Waals surface area contributed by atoms with E-state index in [0.717, 1.165) is 26.2 Å². The highest BCUT2D eigenvalue weighted by atomic mass is 15.1. The first-order chi connectivity index (χ1) is 16.8. The van der Waals surface area contributed by atoms with Crippen LogP contribution in [0.2, 0.25) is 0 Å². The third-order valence-corrected chi connectivity index (χ3v) is 7.04. The van der Waals surface area contributed by atoms with Crippen LogP contribution in [0.4, 0.5) is 0 Å². The van der Waals surface area contributed by atoms with Crippen molar-refractivity contribution in [2.24, 2.45) is 0 Å². The number of nitrogens with zero attached hydrogens (tertiary/aromatic N) is 4. The van der Waals surface area contributed by atoms with Crippen molar-refractivity contribution in [2.45, 2.75) is 26.2 Å². The average molecular weight is 443 g/mol. The topological polar surface area (TPSA) is 17.6 Å². The maximum atomic E-state index is 2.36. The lowest BCUT2D eigenvalue weighted by Crippen LogP contribution is -2.33. The third-order valence-electron chi connectivity index (χ3n) is 7.04. The van der Waals surface area contributed by atoms with Crippen molar-refractivity contribution in [2.75, 3.05) is 0 Å². The summed E-state index contributed by atoms with van der Waals surface area (Å²) in [5.41, 5.74) is 5.46. The van der Waals surface area contributed by atoms with Gasteiger partial charge < -0.3 is 0 Å². The Kier molecular flexibility index (Phi) is 4.37. The molecule has 4 aromatic carbocycles. The minimum atomic E-state index is 0.860. The van der Waals surface area contributed by atoms with E-state index in [0.29, 0.717) is 0 Å². The zero-order valence-corrected chi connectivity index (χ0v) is 19.0. The Morgan fingerprint density at radius 2 is 0.882 bits per heavy atom. The van der Waals surface area contributed by atoms with E-state index in [4.69, 9.17) is 0 Å². The summed E-state index contributed by atoms with van der Waals surface area (Å²) >= 11 is 0. The molecular formula is C30H26N4+2. The Bertz CT molecular complexity index is 1430. The molecule has 2 aromatic heterocycles. The van der Waals surface area contributed by atoms with Crippen molar-refractivity contribution in [1.29, 1.82) is 0 Å². The second-order valence-corrected chi connectivity index (χ2v) is 9.45. The van der Waals surface area contributed by atoms with Gasteiger partial charge in [-0.15, -0.1) is 0 Å². The Hall–Kier alpha value is -4.18. The molecule has 0 saturated heterocycles. The fourth-order valence-electron chi connectivity index (χ4n) is 5.30. The molecule has 0 saturated carbocycles. The number of hydrogen-bond acceptors (Lipinski definition) is 0. The van der Waals surface area contributed by atoms with E-state index < -0.39 is 0 Å². The van der Waals surface area contributed by atoms with E-state index in [1.807, 2.05) is 0 Å². The van der Waals surface area contributed by atoms with Gasteiger partial charge in [-0.1, -0.05) is 48.5 Å². The minimum absolute atomic E-state index is 0.860. The zero-order valence-electron chi connectivity index (χ0n) is 19.0. The van der Waals surface area contributed by atoms with Crippen LogP contribution in [-0.4, -0.2) is 9.13 Å². The highest BCUT2D eigenvalue weighted by Crippen LogP contribution is 2.23. The molecule has 0 spiro atoms. The van der Waals surface area contributed by atoms with Crippen molar-refractivity contribution < 1.29 is 9.13 Å². The molecule has 34 heavy (non-hydrogen) atoms. The Morgan fingerprint density at radius 3 is 1.29 bits per heavy atom. The summed E-state index contributed by atoms with van der Waals surface area (Å²) < 4.78 is 9.21. The van der Waals surface area contributed by atoms with E-state index in [-0.39, 0.29) is 0 Å². The second-order valence-electron chi connectivity index (χ2n) is 9.45. The van der Waals surface area contributed by atoms with Crippen LogP contribution in [0.25, 0.3) is 21.5 Å². The van der Waals surface area contributed by atoms with Gasteiger partial charge in [0.15, 0.2) is 0 Å². The van der Waals surface area contributed by atoms with Gasteiger partial charge in [-0.05, 0) is 45.8 Å². The molecule has 4 heteroatoms. The van der Waals surface area contributed by atoms with Gasteiger partial charge in [0.05, 0.1) is 0 Å². The summed E-state index contributed by atoms with van der Waals surface area (Å²) in [5.74, 6) is 0. The molecule has 0 amide bonds. The fourth-order valence-corrected chi connectivity index (χ4v) is 5.30. The SMILES string of the molecule is c1ccc2cc3c(cc2c1)Cn1cc[n+](c1)Cc1cc2ccccc2cc1Cn1cc[n+](c1)C3. The normalized spacial score (nSPS) is 13.4. The smallest absolute Gasteiger partial charge is 0.233 e. The molecule has 1 aliphatic rings. The van der Waals surface area contributed by atoms with Crippen LogP contribution in [0.3, 0.4) is 0 Å². The van der Waals surface area contributed by atoms with Crippen molar-refractivity contribution in [3.63, 3.8) is 0 Å². The zero-order chi connectivity index (χ0) is 22.5. The van der Waals surface area contributed by atoms with Gasteiger partial charge >= 0.3 is 0 Å². The van der Waals surface area contributed by atoms with Crippen LogP contribution in [0.15, 0.2) is 110 Å². The summed E-state index contributed by atoms with van der Waals surface area (Å²) in [7, 11) is 0. The van der Waals surface area contributed by atoms with Gasteiger partial charge in [0.1, 0.15) is 51.0 Å². The van der Waals surface area contributed by atoms with E-state index >= 15 is 0 Å². The first-order valence-electron chi connectivity index (χ1n) is 11.9. The van der Waals surface area contributed by atoms with E-state index in [1.54, 1.807) is 0 Å². The van der Waals surface area contributed by atoms with Crippen LogP contribution in [0, 0.1) is 0 Å². The molecule has 3 heterocycles. The summed E-state index contributed by atoms with van der Waals surface area (Å²) in [4.78, 5) is 0. The molecule has 164 valence electrons. The molecular weight excluding hydrogens is 416 g/mol. The molecule has 0 atom stereocenters. The lowest BCUT2D eigenvalue weighted by atomic mass is 10.0. The lowest BCUT2D eigenvalue weighted by Gasteiger charge is -2.11. The summed E-state index contributed by atoms with van der Waals surface area (Å²) in [5, 5.41) is 5.19. The van der Waals surface area contributed by atoms with Crippen LogP contribution < -0.4 is 9.13 Å². The second kappa shape index (κ2) is 7.70. The lowest BCUT2D eigenvalue weighted by molar-refractivity contribution is -0.688. The first kappa shape index (κ1) is 19.3. The minimum Gasteiger partial charge on any atom is -0.233 e. The third kappa shape index (κ3) is 3.48. The molecule has 0 radical (unpaired) electrons. The monoisotopic (exact) mass is 442 g/mol.